The third-order valence-corrected chi connectivity index (χ3v) is 5.36. The van der Waals surface area contributed by atoms with Gasteiger partial charge in [0, 0.05) is 17.3 Å². The van der Waals surface area contributed by atoms with Gasteiger partial charge in [-0.1, -0.05) is 60.7 Å². The lowest BCUT2D eigenvalue weighted by molar-refractivity contribution is 0.203. The summed E-state index contributed by atoms with van der Waals surface area (Å²) in [5, 5.41) is 12.1. The van der Waals surface area contributed by atoms with Crippen LogP contribution in [0.4, 0.5) is 0 Å². The van der Waals surface area contributed by atoms with E-state index in [9.17, 15) is 8.42 Å². The Morgan fingerprint density at radius 1 is 0.929 bits per heavy atom. The fraction of sp³-hybridized carbons (Fsp3) is 0.182. The predicted molar refractivity (Wildman–Crippen MR) is 113 cm³/mol. The van der Waals surface area contributed by atoms with Crippen LogP contribution in [0, 0.1) is 0 Å². The van der Waals surface area contributed by atoms with Gasteiger partial charge in [0.15, 0.2) is 0 Å². The van der Waals surface area contributed by atoms with Crippen molar-refractivity contribution in [3.63, 3.8) is 0 Å². The lowest BCUT2D eigenvalue weighted by Gasteiger charge is -2.11. The van der Waals surface area contributed by atoms with Crippen LogP contribution in [0.1, 0.15) is 11.1 Å². The molecule has 146 valence electrons. The van der Waals surface area contributed by atoms with Gasteiger partial charge in [-0.25, -0.2) is 13.1 Å². The first kappa shape index (κ1) is 20.1. The highest BCUT2D eigenvalue weighted by molar-refractivity contribution is 7.92. The minimum Gasteiger partial charge on any atom is -0.491 e. The highest BCUT2D eigenvalue weighted by Crippen LogP contribution is 2.28. The molecule has 0 heterocycles. The summed E-state index contributed by atoms with van der Waals surface area (Å²) >= 11 is 0. The normalized spacial score (nSPS) is 11.9. The summed E-state index contributed by atoms with van der Waals surface area (Å²) in [7, 11) is -3.51. The lowest BCUT2D eigenvalue weighted by atomic mass is 10.0. The summed E-state index contributed by atoms with van der Waals surface area (Å²) < 4.78 is 32.6. The molecule has 3 aromatic rings. The molecule has 0 unspecified atom stereocenters. The van der Waals surface area contributed by atoms with Crippen molar-refractivity contribution in [1.29, 1.82) is 0 Å². The van der Waals surface area contributed by atoms with Crippen LogP contribution in [-0.2, 0) is 16.4 Å². The van der Waals surface area contributed by atoms with E-state index in [0.29, 0.717) is 18.7 Å². The number of ether oxygens (including phenoxy) is 1. The Morgan fingerprint density at radius 3 is 2.46 bits per heavy atom. The van der Waals surface area contributed by atoms with E-state index < -0.39 is 10.0 Å². The minimum atomic E-state index is -3.51. The van der Waals surface area contributed by atoms with Crippen molar-refractivity contribution >= 4 is 26.9 Å². The maximum atomic E-state index is 12.2. The second-order valence-corrected chi connectivity index (χ2v) is 7.89. The number of aliphatic hydroxyl groups is 1. The van der Waals surface area contributed by atoms with E-state index in [2.05, 4.69) is 4.72 Å². The van der Waals surface area contributed by atoms with Crippen LogP contribution < -0.4 is 9.46 Å². The van der Waals surface area contributed by atoms with Crippen LogP contribution in [0.3, 0.4) is 0 Å². The number of sulfonamides is 1. The fourth-order valence-corrected chi connectivity index (χ4v) is 3.77. The molecule has 3 rings (SSSR count). The number of benzene rings is 3. The quantitative estimate of drug-likeness (QED) is 0.581. The van der Waals surface area contributed by atoms with Gasteiger partial charge in [-0.2, -0.15) is 0 Å². The molecule has 28 heavy (non-hydrogen) atoms. The molecule has 0 aliphatic heterocycles. The maximum Gasteiger partial charge on any atom is 0.233 e. The maximum absolute atomic E-state index is 12.2. The number of hydrogen-bond acceptors (Lipinski definition) is 4. The van der Waals surface area contributed by atoms with Crippen LogP contribution in [0.25, 0.3) is 16.8 Å². The summed E-state index contributed by atoms with van der Waals surface area (Å²) in [6.07, 6.45) is 2.13. The van der Waals surface area contributed by atoms with E-state index in [1.54, 1.807) is 6.08 Å². The molecule has 6 heteroatoms. The summed E-state index contributed by atoms with van der Waals surface area (Å²) in [6, 6.07) is 20.9. The Kier molecular flexibility index (Phi) is 6.81. The van der Waals surface area contributed by atoms with E-state index >= 15 is 0 Å². The minimum absolute atomic E-state index is 0.0473. The standard InChI is InChI=1S/C22H23NO4S/c24-15-16-27-22-11-5-9-20-19(8-4-10-21(20)22)12-14-23-28(25,26)17-13-18-6-2-1-3-7-18/h1-11,13,17,23-24H,12,14-16H2/b17-13+. The molecule has 0 aliphatic rings. The zero-order chi connectivity index (χ0) is 19.8. The second-order valence-electron chi connectivity index (χ2n) is 6.24. The number of aliphatic hydroxyl groups excluding tert-OH is 1. The zero-order valence-electron chi connectivity index (χ0n) is 15.4. The molecule has 3 aromatic carbocycles. The molecule has 0 bridgehead atoms. The van der Waals surface area contributed by atoms with Gasteiger partial charge >= 0.3 is 0 Å². The molecule has 0 saturated heterocycles. The zero-order valence-corrected chi connectivity index (χ0v) is 16.2. The van der Waals surface area contributed by atoms with E-state index in [1.807, 2.05) is 66.7 Å². The average molecular weight is 397 g/mol. The van der Waals surface area contributed by atoms with Gasteiger partial charge in [0.2, 0.25) is 10.0 Å². The van der Waals surface area contributed by atoms with Crippen LogP contribution >= 0.6 is 0 Å². The van der Waals surface area contributed by atoms with Gasteiger partial charge in [-0.05, 0) is 35.1 Å². The van der Waals surface area contributed by atoms with Crippen molar-refractivity contribution in [2.45, 2.75) is 6.42 Å². The molecule has 0 saturated carbocycles. The highest BCUT2D eigenvalue weighted by Gasteiger charge is 2.08. The number of fused-ring (bicyclic) bond motifs is 1. The monoisotopic (exact) mass is 397 g/mol. The van der Waals surface area contributed by atoms with Crippen molar-refractivity contribution in [1.82, 2.24) is 4.72 Å². The number of nitrogens with one attached hydrogen (secondary N) is 1. The molecule has 0 aromatic heterocycles. The van der Waals surface area contributed by atoms with Gasteiger partial charge in [-0.3, -0.25) is 0 Å². The van der Waals surface area contributed by atoms with Gasteiger partial charge in [0.05, 0.1) is 6.61 Å². The van der Waals surface area contributed by atoms with Crippen LogP contribution in [-0.4, -0.2) is 33.3 Å². The molecule has 0 atom stereocenters. The molecule has 2 N–H and O–H groups in total. The van der Waals surface area contributed by atoms with Crippen LogP contribution in [0.5, 0.6) is 5.75 Å². The van der Waals surface area contributed by atoms with Crippen molar-refractivity contribution in [3.8, 4) is 5.75 Å². The summed E-state index contributed by atoms with van der Waals surface area (Å²) in [6.45, 7) is 0.480. The highest BCUT2D eigenvalue weighted by atomic mass is 32.2. The molecule has 5 nitrogen and oxygen atoms in total. The molecule has 0 amide bonds. The van der Waals surface area contributed by atoms with Crippen LogP contribution in [0.15, 0.2) is 72.1 Å². The van der Waals surface area contributed by atoms with Gasteiger partial charge in [0.25, 0.3) is 0 Å². The van der Waals surface area contributed by atoms with E-state index in [4.69, 9.17) is 9.84 Å². The van der Waals surface area contributed by atoms with E-state index in [-0.39, 0.29) is 13.2 Å². The average Bonchev–Trinajstić information content (AvgIpc) is 2.72. The first-order chi connectivity index (χ1) is 13.6. The third-order valence-electron chi connectivity index (χ3n) is 4.26. The molecular weight excluding hydrogens is 374 g/mol. The van der Waals surface area contributed by atoms with E-state index in [0.717, 1.165) is 21.9 Å². The molecular formula is C22H23NO4S. The predicted octanol–water partition coefficient (Wildman–Crippen LogP) is 3.34. The van der Waals surface area contributed by atoms with Gasteiger partial charge in [-0.15, -0.1) is 0 Å². The second kappa shape index (κ2) is 9.50. The Morgan fingerprint density at radius 2 is 1.68 bits per heavy atom. The topological polar surface area (TPSA) is 75.6 Å². The Bertz CT molecular complexity index is 1050. The molecule has 0 fully saturated rings. The van der Waals surface area contributed by atoms with Crippen molar-refractivity contribution in [2.75, 3.05) is 19.8 Å². The van der Waals surface area contributed by atoms with Crippen LogP contribution in [0.2, 0.25) is 0 Å². The fourth-order valence-electron chi connectivity index (χ4n) is 2.95. The first-order valence-corrected chi connectivity index (χ1v) is 10.6. The largest absolute Gasteiger partial charge is 0.491 e. The van der Waals surface area contributed by atoms with Gasteiger partial charge < -0.3 is 9.84 Å². The Hall–Kier alpha value is -2.67. The molecule has 0 aliphatic carbocycles. The van der Waals surface area contributed by atoms with Crippen molar-refractivity contribution < 1.29 is 18.3 Å². The Balaban J connectivity index is 1.67. The van der Waals surface area contributed by atoms with Crippen molar-refractivity contribution in [2.24, 2.45) is 0 Å². The van der Waals surface area contributed by atoms with E-state index in [1.165, 1.54) is 5.41 Å². The molecule has 0 radical (unpaired) electrons. The lowest BCUT2D eigenvalue weighted by Crippen LogP contribution is -2.23. The summed E-state index contributed by atoms with van der Waals surface area (Å²) in [4.78, 5) is 0. The first-order valence-electron chi connectivity index (χ1n) is 9.06. The smallest absolute Gasteiger partial charge is 0.233 e. The van der Waals surface area contributed by atoms with Crippen molar-refractivity contribution in [3.05, 3.63) is 83.3 Å². The Labute approximate surface area is 165 Å². The summed E-state index contributed by atoms with van der Waals surface area (Å²) in [5.41, 5.74) is 1.86. The van der Waals surface area contributed by atoms with Gasteiger partial charge in [0.1, 0.15) is 12.4 Å². The SMILES string of the molecule is O=S(=O)(/C=C/c1ccccc1)NCCc1cccc2c(OCCO)cccc12. The summed E-state index contributed by atoms with van der Waals surface area (Å²) in [5.74, 6) is 0.708. The number of hydrogen-bond donors (Lipinski definition) is 2. The number of rotatable bonds is 9. The third kappa shape index (κ3) is 5.42. The molecule has 0 spiro atoms.